The third-order valence-electron chi connectivity index (χ3n) is 2.54. The second kappa shape index (κ2) is 6.58. The van der Waals surface area contributed by atoms with Crippen molar-refractivity contribution in [3.8, 4) is 5.75 Å². The lowest BCUT2D eigenvalue weighted by atomic mass is 10.1. The smallest absolute Gasteiger partial charge is 0.125 e. The number of hydrogen-bond acceptors (Lipinski definition) is 2. The minimum Gasteiger partial charge on any atom is -0.491 e. The van der Waals surface area contributed by atoms with E-state index < -0.39 is 0 Å². The van der Waals surface area contributed by atoms with Gasteiger partial charge in [0.2, 0.25) is 0 Å². The molecule has 0 aliphatic heterocycles. The fourth-order valence-corrected chi connectivity index (χ4v) is 2.16. The van der Waals surface area contributed by atoms with Gasteiger partial charge in [-0.1, -0.05) is 28.1 Å². The number of aryl methyl sites for hydroxylation is 2. The molecule has 1 aromatic carbocycles. The van der Waals surface area contributed by atoms with Crippen LogP contribution < -0.4 is 4.74 Å². The van der Waals surface area contributed by atoms with Crippen LogP contribution in [0.2, 0.25) is 0 Å². The number of alkyl halides is 1. The Balaban J connectivity index is 2.57. The maximum Gasteiger partial charge on any atom is 0.125 e. The zero-order valence-electron chi connectivity index (χ0n) is 12.0. The molecule has 1 rings (SSSR count). The molecule has 0 heterocycles. The summed E-state index contributed by atoms with van der Waals surface area (Å²) in [5, 5.41) is 0.877. The molecule has 0 aliphatic rings. The highest BCUT2D eigenvalue weighted by Crippen LogP contribution is 2.25. The molecule has 0 saturated heterocycles. The standard InChI is InChI=1S/C15H23BrO2/c1-11-8-13(10-16)9-12(2)14(11)17-6-7-18-15(3,4)5/h8-9H,6-7,10H2,1-5H3. The number of hydrogen-bond donors (Lipinski definition) is 0. The van der Waals surface area contributed by atoms with E-state index in [0.29, 0.717) is 13.2 Å². The van der Waals surface area contributed by atoms with Gasteiger partial charge in [-0.2, -0.15) is 0 Å². The van der Waals surface area contributed by atoms with Crippen molar-refractivity contribution < 1.29 is 9.47 Å². The molecule has 0 aromatic heterocycles. The molecular formula is C15H23BrO2. The lowest BCUT2D eigenvalue weighted by Gasteiger charge is -2.20. The normalized spacial score (nSPS) is 11.7. The first-order valence-corrected chi connectivity index (χ1v) is 7.38. The van der Waals surface area contributed by atoms with Gasteiger partial charge in [0.05, 0.1) is 12.2 Å². The van der Waals surface area contributed by atoms with Crippen molar-refractivity contribution in [1.82, 2.24) is 0 Å². The second-order valence-corrected chi connectivity index (χ2v) is 6.06. The first-order valence-electron chi connectivity index (χ1n) is 6.26. The zero-order chi connectivity index (χ0) is 13.8. The molecule has 18 heavy (non-hydrogen) atoms. The average molecular weight is 315 g/mol. The molecule has 0 amide bonds. The number of rotatable bonds is 5. The fraction of sp³-hybridized carbons (Fsp3) is 0.600. The van der Waals surface area contributed by atoms with E-state index in [1.165, 1.54) is 16.7 Å². The van der Waals surface area contributed by atoms with Gasteiger partial charge >= 0.3 is 0 Å². The molecule has 0 radical (unpaired) electrons. The first kappa shape index (κ1) is 15.5. The highest BCUT2D eigenvalue weighted by molar-refractivity contribution is 9.08. The summed E-state index contributed by atoms with van der Waals surface area (Å²) < 4.78 is 11.5. The van der Waals surface area contributed by atoms with Crippen LogP contribution in [0.1, 0.15) is 37.5 Å². The van der Waals surface area contributed by atoms with E-state index in [4.69, 9.17) is 9.47 Å². The van der Waals surface area contributed by atoms with Crippen molar-refractivity contribution in [3.63, 3.8) is 0 Å². The van der Waals surface area contributed by atoms with Crippen LogP contribution in [0.4, 0.5) is 0 Å². The Hall–Kier alpha value is -0.540. The van der Waals surface area contributed by atoms with E-state index in [1.54, 1.807) is 0 Å². The molecule has 0 bridgehead atoms. The Morgan fingerprint density at radius 2 is 1.61 bits per heavy atom. The fourth-order valence-electron chi connectivity index (χ4n) is 1.84. The maximum absolute atomic E-state index is 5.82. The summed E-state index contributed by atoms with van der Waals surface area (Å²) in [4.78, 5) is 0. The van der Waals surface area contributed by atoms with Crippen molar-refractivity contribution in [2.75, 3.05) is 13.2 Å². The summed E-state index contributed by atoms with van der Waals surface area (Å²) in [6.45, 7) is 11.5. The molecule has 0 saturated carbocycles. The van der Waals surface area contributed by atoms with Gasteiger partial charge in [-0.15, -0.1) is 0 Å². The summed E-state index contributed by atoms with van der Waals surface area (Å²) in [5.74, 6) is 0.984. The van der Waals surface area contributed by atoms with Gasteiger partial charge in [0.15, 0.2) is 0 Å². The van der Waals surface area contributed by atoms with Crippen LogP contribution in [0.3, 0.4) is 0 Å². The van der Waals surface area contributed by atoms with Crippen molar-refractivity contribution in [3.05, 3.63) is 28.8 Å². The second-order valence-electron chi connectivity index (χ2n) is 5.50. The summed E-state index contributed by atoms with van der Waals surface area (Å²) in [6.07, 6.45) is 0. The largest absolute Gasteiger partial charge is 0.491 e. The Labute approximate surface area is 119 Å². The topological polar surface area (TPSA) is 18.5 Å². The van der Waals surface area contributed by atoms with E-state index in [1.807, 2.05) is 20.8 Å². The SMILES string of the molecule is Cc1cc(CBr)cc(C)c1OCCOC(C)(C)C. The monoisotopic (exact) mass is 314 g/mol. The highest BCUT2D eigenvalue weighted by atomic mass is 79.9. The molecule has 102 valence electrons. The number of halogens is 1. The summed E-state index contributed by atoms with van der Waals surface area (Å²) in [6, 6.07) is 4.31. The van der Waals surface area contributed by atoms with Crippen molar-refractivity contribution in [1.29, 1.82) is 0 Å². The van der Waals surface area contributed by atoms with Crippen molar-refractivity contribution in [2.45, 2.75) is 45.5 Å². The third kappa shape index (κ3) is 4.99. The van der Waals surface area contributed by atoms with Gasteiger partial charge in [-0.05, 0) is 51.3 Å². The zero-order valence-corrected chi connectivity index (χ0v) is 13.6. The molecule has 0 aliphatic carbocycles. The van der Waals surface area contributed by atoms with Crippen LogP contribution in [-0.4, -0.2) is 18.8 Å². The average Bonchev–Trinajstić information content (AvgIpc) is 2.25. The van der Waals surface area contributed by atoms with Crippen LogP contribution in [-0.2, 0) is 10.1 Å². The van der Waals surface area contributed by atoms with Gasteiger partial charge in [0, 0.05) is 5.33 Å². The Morgan fingerprint density at radius 3 is 2.06 bits per heavy atom. The molecule has 1 aromatic rings. The van der Waals surface area contributed by atoms with E-state index in [2.05, 4.69) is 41.9 Å². The Bertz CT molecular complexity index is 371. The third-order valence-corrected chi connectivity index (χ3v) is 3.19. The quantitative estimate of drug-likeness (QED) is 0.592. The summed E-state index contributed by atoms with van der Waals surface area (Å²) >= 11 is 3.48. The molecule has 0 unspecified atom stereocenters. The van der Waals surface area contributed by atoms with E-state index in [0.717, 1.165) is 11.1 Å². The van der Waals surface area contributed by atoms with E-state index in [-0.39, 0.29) is 5.60 Å². The van der Waals surface area contributed by atoms with Gasteiger partial charge in [0.25, 0.3) is 0 Å². The highest BCUT2D eigenvalue weighted by Gasteiger charge is 2.10. The van der Waals surface area contributed by atoms with Crippen LogP contribution in [0.5, 0.6) is 5.75 Å². The van der Waals surface area contributed by atoms with Crippen molar-refractivity contribution >= 4 is 15.9 Å². The lowest BCUT2D eigenvalue weighted by molar-refractivity contribution is -0.0164. The lowest BCUT2D eigenvalue weighted by Crippen LogP contribution is -2.22. The van der Waals surface area contributed by atoms with E-state index >= 15 is 0 Å². The van der Waals surface area contributed by atoms with Crippen LogP contribution in [0.25, 0.3) is 0 Å². The van der Waals surface area contributed by atoms with Crippen LogP contribution in [0, 0.1) is 13.8 Å². The molecule has 3 heteroatoms. The Kier molecular flexibility index (Phi) is 5.67. The van der Waals surface area contributed by atoms with Gasteiger partial charge in [-0.3, -0.25) is 0 Å². The molecular weight excluding hydrogens is 292 g/mol. The predicted octanol–water partition coefficient (Wildman–Crippen LogP) is 4.39. The molecule has 2 nitrogen and oxygen atoms in total. The molecule has 0 N–H and O–H groups in total. The molecule has 0 atom stereocenters. The number of benzene rings is 1. The van der Waals surface area contributed by atoms with Crippen molar-refractivity contribution in [2.24, 2.45) is 0 Å². The van der Waals surface area contributed by atoms with Crippen LogP contribution in [0.15, 0.2) is 12.1 Å². The number of ether oxygens (including phenoxy) is 2. The summed E-state index contributed by atoms with van der Waals surface area (Å²) in [5.41, 5.74) is 3.54. The minimum absolute atomic E-state index is 0.104. The Morgan fingerprint density at radius 1 is 1.06 bits per heavy atom. The predicted molar refractivity (Wildman–Crippen MR) is 79.7 cm³/mol. The maximum atomic E-state index is 5.82. The van der Waals surface area contributed by atoms with Crippen LogP contribution >= 0.6 is 15.9 Å². The summed E-state index contributed by atoms with van der Waals surface area (Å²) in [7, 11) is 0. The van der Waals surface area contributed by atoms with Gasteiger partial charge < -0.3 is 9.47 Å². The van der Waals surface area contributed by atoms with E-state index in [9.17, 15) is 0 Å². The van der Waals surface area contributed by atoms with Gasteiger partial charge in [0.1, 0.15) is 12.4 Å². The minimum atomic E-state index is -0.104. The first-order chi connectivity index (χ1) is 8.33. The molecule has 0 spiro atoms. The molecule has 0 fully saturated rings. The van der Waals surface area contributed by atoms with Gasteiger partial charge in [-0.25, -0.2) is 0 Å².